The van der Waals surface area contributed by atoms with Crippen LogP contribution in [0.4, 0.5) is 11.5 Å². The highest BCUT2D eigenvalue weighted by Gasteiger charge is 2.23. The smallest absolute Gasteiger partial charge is 0.252 e. The molecular formula is C24H23N7O2. The van der Waals surface area contributed by atoms with Crippen LogP contribution in [0.3, 0.4) is 0 Å². The van der Waals surface area contributed by atoms with E-state index in [1.54, 1.807) is 48.8 Å². The average Bonchev–Trinajstić information content (AvgIpc) is 3.35. The predicted molar refractivity (Wildman–Crippen MR) is 124 cm³/mol. The predicted octanol–water partition coefficient (Wildman–Crippen LogP) is 3.23. The molecule has 1 unspecified atom stereocenters. The van der Waals surface area contributed by atoms with Crippen LogP contribution < -0.4 is 16.0 Å². The van der Waals surface area contributed by atoms with E-state index in [1.165, 1.54) is 6.20 Å². The van der Waals surface area contributed by atoms with E-state index in [4.69, 9.17) is 0 Å². The summed E-state index contributed by atoms with van der Waals surface area (Å²) in [6, 6.07) is 17.2. The van der Waals surface area contributed by atoms with Crippen LogP contribution in [0.25, 0.3) is 0 Å². The van der Waals surface area contributed by atoms with Gasteiger partial charge in [0.25, 0.3) is 11.8 Å². The van der Waals surface area contributed by atoms with Crippen LogP contribution in [0, 0.1) is 6.92 Å². The first-order valence-corrected chi connectivity index (χ1v) is 10.4. The number of amides is 2. The summed E-state index contributed by atoms with van der Waals surface area (Å²) in [7, 11) is 0. The van der Waals surface area contributed by atoms with Crippen molar-refractivity contribution in [3.63, 3.8) is 0 Å². The van der Waals surface area contributed by atoms with E-state index in [9.17, 15) is 9.59 Å². The lowest BCUT2D eigenvalue weighted by molar-refractivity contribution is -0.118. The molecule has 0 saturated carbocycles. The molecule has 0 saturated heterocycles. The number of carbonyl (C=O) groups excluding carboxylic acids is 2. The molecule has 166 valence electrons. The van der Waals surface area contributed by atoms with E-state index >= 15 is 0 Å². The van der Waals surface area contributed by atoms with Gasteiger partial charge in [0.1, 0.15) is 17.7 Å². The molecule has 0 aliphatic rings. The zero-order chi connectivity index (χ0) is 23.0. The number of aromatic nitrogens is 4. The maximum absolute atomic E-state index is 13.1. The quantitative estimate of drug-likeness (QED) is 0.333. The van der Waals surface area contributed by atoms with Gasteiger partial charge in [0, 0.05) is 24.5 Å². The molecule has 1 atom stereocenters. The molecule has 9 heteroatoms. The molecule has 0 spiro atoms. The van der Waals surface area contributed by atoms with Crippen molar-refractivity contribution in [2.45, 2.75) is 19.5 Å². The largest absolute Gasteiger partial charge is 0.366 e. The number of H-pyrrole nitrogens is 1. The highest BCUT2D eigenvalue weighted by molar-refractivity contribution is 6.01. The molecule has 33 heavy (non-hydrogen) atoms. The molecule has 0 aliphatic heterocycles. The summed E-state index contributed by atoms with van der Waals surface area (Å²) in [6.45, 7) is 2.31. The summed E-state index contributed by atoms with van der Waals surface area (Å²) < 4.78 is 0. The van der Waals surface area contributed by atoms with E-state index in [1.807, 2.05) is 31.2 Å². The first kappa shape index (κ1) is 21.7. The van der Waals surface area contributed by atoms with Crippen LogP contribution in [0.15, 0.2) is 79.3 Å². The minimum absolute atomic E-state index is 0.356. The van der Waals surface area contributed by atoms with E-state index < -0.39 is 6.04 Å². The second-order valence-corrected chi connectivity index (χ2v) is 7.34. The molecule has 2 heterocycles. The molecular weight excluding hydrogens is 418 g/mol. The van der Waals surface area contributed by atoms with Crippen LogP contribution in [-0.2, 0) is 11.3 Å². The fraction of sp³-hybridized carbons (Fsp3) is 0.125. The van der Waals surface area contributed by atoms with Gasteiger partial charge in [0.15, 0.2) is 0 Å². The maximum atomic E-state index is 13.1. The number of anilines is 2. The summed E-state index contributed by atoms with van der Waals surface area (Å²) >= 11 is 0. The topological polar surface area (TPSA) is 125 Å². The Morgan fingerprint density at radius 2 is 1.91 bits per heavy atom. The van der Waals surface area contributed by atoms with E-state index in [-0.39, 0.29) is 11.8 Å². The maximum Gasteiger partial charge on any atom is 0.252 e. The molecule has 0 radical (unpaired) electrons. The number of hydrogen-bond donors (Lipinski definition) is 4. The van der Waals surface area contributed by atoms with E-state index in [0.717, 1.165) is 5.56 Å². The molecule has 4 aromatic rings. The standard InChI is InChI=1S/C24H23N7O2/c1-16-25-11-10-21(29-16)26-13-17-6-5-9-19(12-17)23(32)31-22(18-7-3-2-4-8-18)24(33)30-20-14-27-28-15-20/h2-12,14-15,22H,13H2,1H3,(H,27,28)(H,30,33)(H,31,32)(H,25,26,29). The lowest BCUT2D eigenvalue weighted by Crippen LogP contribution is -2.37. The van der Waals surface area contributed by atoms with Gasteiger partial charge in [-0.15, -0.1) is 0 Å². The third kappa shape index (κ3) is 5.79. The summed E-state index contributed by atoms with van der Waals surface area (Å²) in [6.07, 6.45) is 4.75. The van der Waals surface area contributed by atoms with E-state index in [0.29, 0.717) is 35.0 Å². The Bertz CT molecular complexity index is 1230. The minimum Gasteiger partial charge on any atom is -0.366 e. The van der Waals surface area contributed by atoms with Gasteiger partial charge in [-0.1, -0.05) is 42.5 Å². The van der Waals surface area contributed by atoms with Crippen molar-refractivity contribution in [2.24, 2.45) is 0 Å². The zero-order valence-corrected chi connectivity index (χ0v) is 17.9. The van der Waals surface area contributed by atoms with Gasteiger partial charge in [-0.2, -0.15) is 5.10 Å². The van der Waals surface area contributed by atoms with Gasteiger partial charge in [0.2, 0.25) is 0 Å². The van der Waals surface area contributed by atoms with E-state index in [2.05, 4.69) is 36.1 Å². The summed E-state index contributed by atoms with van der Waals surface area (Å²) in [5.74, 6) is 0.657. The molecule has 2 aromatic heterocycles. The van der Waals surface area contributed by atoms with Crippen molar-refractivity contribution >= 4 is 23.3 Å². The summed E-state index contributed by atoms with van der Waals surface area (Å²) in [4.78, 5) is 34.4. The normalized spacial score (nSPS) is 11.4. The van der Waals surface area contributed by atoms with Crippen LogP contribution in [0.1, 0.15) is 33.4 Å². The number of hydrogen-bond acceptors (Lipinski definition) is 6. The van der Waals surface area contributed by atoms with Crippen molar-refractivity contribution < 1.29 is 9.59 Å². The summed E-state index contributed by atoms with van der Waals surface area (Å²) in [5.41, 5.74) is 2.54. The van der Waals surface area contributed by atoms with Crippen LogP contribution >= 0.6 is 0 Å². The Labute approximate surface area is 190 Å². The molecule has 9 nitrogen and oxygen atoms in total. The van der Waals surface area contributed by atoms with Crippen molar-refractivity contribution in [2.75, 3.05) is 10.6 Å². The highest BCUT2D eigenvalue weighted by atomic mass is 16.2. The second kappa shape index (κ2) is 10.2. The van der Waals surface area contributed by atoms with Gasteiger partial charge < -0.3 is 16.0 Å². The van der Waals surface area contributed by atoms with Crippen molar-refractivity contribution in [1.29, 1.82) is 0 Å². The number of aryl methyl sites for hydroxylation is 1. The minimum atomic E-state index is -0.876. The van der Waals surface area contributed by atoms with Crippen LogP contribution in [0.5, 0.6) is 0 Å². The Hall–Kier alpha value is -4.53. The second-order valence-electron chi connectivity index (χ2n) is 7.34. The monoisotopic (exact) mass is 441 g/mol. The molecule has 2 aromatic carbocycles. The molecule has 0 bridgehead atoms. The van der Waals surface area contributed by atoms with Gasteiger partial charge >= 0.3 is 0 Å². The van der Waals surface area contributed by atoms with Gasteiger partial charge in [0.05, 0.1) is 11.9 Å². The molecule has 0 aliphatic carbocycles. The third-order valence-electron chi connectivity index (χ3n) is 4.88. The molecule has 0 fully saturated rings. The number of aromatic amines is 1. The molecule has 4 N–H and O–H groups in total. The highest BCUT2D eigenvalue weighted by Crippen LogP contribution is 2.17. The van der Waals surface area contributed by atoms with Crippen molar-refractivity contribution in [3.8, 4) is 0 Å². The van der Waals surface area contributed by atoms with Crippen LogP contribution in [0.2, 0.25) is 0 Å². The van der Waals surface area contributed by atoms with Gasteiger partial charge in [-0.05, 0) is 36.2 Å². The fourth-order valence-electron chi connectivity index (χ4n) is 3.26. The zero-order valence-electron chi connectivity index (χ0n) is 17.9. The number of rotatable bonds is 8. The van der Waals surface area contributed by atoms with Crippen LogP contribution in [-0.4, -0.2) is 32.0 Å². The lowest BCUT2D eigenvalue weighted by Gasteiger charge is -2.19. The number of carbonyl (C=O) groups is 2. The number of benzene rings is 2. The number of nitrogens with one attached hydrogen (secondary N) is 4. The Morgan fingerprint density at radius 3 is 2.67 bits per heavy atom. The average molecular weight is 441 g/mol. The van der Waals surface area contributed by atoms with Crippen molar-refractivity contribution in [1.82, 2.24) is 25.5 Å². The number of nitrogens with zero attached hydrogens (tertiary/aromatic N) is 3. The molecule has 4 rings (SSSR count). The van der Waals surface area contributed by atoms with Gasteiger partial charge in [-0.25, -0.2) is 9.97 Å². The Kier molecular flexibility index (Phi) is 6.70. The molecule has 2 amide bonds. The first-order chi connectivity index (χ1) is 16.1. The van der Waals surface area contributed by atoms with Crippen molar-refractivity contribution in [3.05, 3.63) is 102 Å². The Balaban J connectivity index is 1.48. The first-order valence-electron chi connectivity index (χ1n) is 10.4. The fourth-order valence-corrected chi connectivity index (χ4v) is 3.26. The third-order valence-corrected chi connectivity index (χ3v) is 4.88. The Morgan fingerprint density at radius 1 is 1.06 bits per heavy atom. The summed E-state index contributed by atoms with van der Waals surface area (Å²) in [5, 5.41) is 15.3. The lowest BCUT2D eigenvalue weighted by atomic mass is 10.0. The van der Waals surface area contributed by atoms with Gasteiger partial charge in [-0.3, -0.25) is 14.7 Å². The SMILES string of the molecule is Cc1nccc(NCc2cccc(C(=O)NC(C(=O)Nc3cn[nH]c3)c3ccccc3)c2)n1.